The van der Waals surface area contributed by atoms with E-state index < -0.39 is 10.0 Å². The molecule has 0 saturated carbocycles. The second-order valence-electron chi connectivity index (χ2n) is 7.53. The molecule has 2 aromatic carbocycles. The van der Waals surface area contributed by atoms with Crippen LogP contribution in [0.3, 0.4) is 0 Å². The van der Waals surface area contributed by atoms with E-state index in [1.807, 2.05) is 58.2 Å². The van der Waals surface area contributed by atoms with Gasteiger partial charge in [-0.25, -0.2) is 8.42 Å². The van der Waals surface area contributed by atoms with Crippen molar-refractivity contribution in [1.29, 1.82) is 0 Å². The van der Waals surface area contributed by atoms with E-state index in [0.29, 0.717) is 18.8 Å². The van der Waals surface area contributed by atoms with Crippen molar-refractivity contribution in [1.82, 2.24) is 9.29 Å². The average Bonchev–Trinajstić information content (AvgIpc) is 3.18. The summed E-state index contributed by atoms with van der Waals surface area (Å²) in [5.41, 5.74) is 3.19. The number of aromatic nitrogens is 1. The van der Waals surface area contributed by atoms with Gasteiger partial charge in [0.25, 0.3) is 0 Å². The van der Waals surface area contributed by atoms with Crippen LogP contribution in [-0.2, 0) is 21.2 Å². The maximum atomic E-state index is 13.1. The maximum absolute atomic E-state index is 13.1. The lowest BCUT2D eigenvalue weighted by atomic mass is 10.1. The molecular formula is C24H32N4O3S. The van der Waals surface area contributed by atoms with Gasteiger partial charge in [0.2, 0.25) is 15.9 Å². The van der Waals surface area contributed by atoms with Crippen LogP contribution in [-0.4, -0.2) is 49.8 Å². The molecule has 0 aliphatic rings. The first kappa shape index (κ1) is 23.8. The van der Waals surface area contributed by atoms with Gasteiger partial charge in [-0.1, -0.05) is 32.0 Å². The van der Waals surface area contributed by atoms with Crippen molar-refractivity contribution in [2.75, 3.05) is 36.4 Å². The van der Waals surface area contributed by atoms with Gasteiger partial charge in [0, 0.05) is 43.3 Å². The molecule has 0 fully saturated rings. The van der Waals surface area contributed by atoms with E-state index in [2.05, 4.69) is 15.2 Å². The topological polar surface area (TPSA) is 85.5 Å². The van der Waals surface area contributed by atoms with Gasteiger partial charge in [-0.05, 0) is 43.7 Å². The zero-order valence-corrected chi connectivity index (χ0v) is 20.0. The number of rotatable bonds is 10. The Morgan fingerprint density at radius 2 is 1.66 bits per heavy atom. The van der Waals surface area contributed by atoms with Crippen molar-refractivity contribution in [3.05, 3.63) is 54.2 Å². The van der Waals surface area contributed by atoms with Gasteiger partial charge in [-0.15, -0.1) is 0 Å². The Hall–Kier alpha value is -2.84. The summed E-state index contributed by atoms with van der Waals surface area (Å²) in [6, 6.07) is 12.8. The van der Waals surface area contributed by atoms with Crippen LogP contribution in [0.5, 0.6) is 0 Å². The summed E-state index contributed by atoms with van der Waals surface area (Å²) in [7, 11) is -3.64. The zero-order chi connectivity index (χ0) is 23.3. The zero-order valence-electron chi connectivity index (χ0n) is 19.2. The number of amides is 1. The lowest BCUT2D eigenvalue weighted by molar-refractivity contribution is -0.115. The Balaban J connectivity index is 1.95. The molecule has 0 saturated heterocycles. The summed E-state index contributed by atoms with van der Waals surface area (Å²) >= 11 is 0. The first-order valence-electron chi connectivity index (χ1n) is 11.1. The van der Waals surface area contributed by atoms with Crippen LogP contribution in [0.25, 0.3) is 10.9 Å². The third kappa shape index (κ3) is 4.81. The molecular weight excluding hydrogens is 424 g/mol. The van der Waals surface area contributed by atoms with Crippen molar-refractivity contribution < 1.29 is 13.2 Å². The van der Waals surface area contributed by atoms with Crippen molar-refractivity contribution in [3.8, 4) is 0 Å². The standard InChI is InChI=1S/C24H32N4O3S/c1-5-27(6-2)23-14-13-19(32(30,31)28(7-3)8-4)16-22(23)26-24(29)15-18-17-25-21-12-10-9-11-20(18)21/h9-14,16-17,25H,5-8,15H2,1-4H3,(H,26,29). The Morgan fingerprint density at radius 1 is 0.969 bits per heavy atom. The van der Waals surface area contributed by atoms with E-state index in [1.165, 1.54) is 4.31 Å². The highest BCUT2D eigenvalue weighted by Crippen LogP contribution is 2.30. The number of sulfonamides is 1. The smallest absolute Gasteiger partial charge is 0.243 e. The largest absolute Gasteiger partial charge is 0.370 e. The molecule has 0 radical (unpaired) electrons. The minimum Gasteiger partial charge on any atom is -0.370 e. The molecule has 0 aliphatic carbocycles. The number of para-hydroxylation sites is 1. The van der Waals surface area contributed by atoms with Crippen LogP contribution in [0.4, 0.5) is 11.4 Å². The molecule has 7 nitrogen and oxygen atoms in total. The summed E-state index contributed by atoms with van der Waals surface area (Å²) in [6.07, 6.45) is 2.03. The number of carbonyl (C=O) groups is 1. The molecule has 0 aliphatic heterocycles. The lowest BCUT2D eigenvalue weighted by Crippen LogP contribution is -2.31. The maximum Gasteiger partial charge on any atom is 0.243 e. The van der Waals surface area contributed by atoms with Crippen LogP contribution in [0.15, 0.2) is 53.6 Å². The van der Waals surface area contributed by atoms with Crippen LogP contribution < -0.4 is 10.2 Å². The van der Waals surface area contributed by atoms with Gasteiger partial charge in [-0.2, -0.15) is 4.31 Å². The van der Waals surface area contributed by atoms with E-state index in [4.69, 9.17) is 0 Å². The van der Waals surface area contributed by atoms with E-state index in [9.17, 15) is 13.2 Å². The summed E-state index contributed by atoms with van der Waals surface area (Å²) in [4.78, 5) is 18.4. The molecule has 1 aromatic heterocycles. The van der Waals surface area contributed by atoms with Crippen LogP contribution >= 0.6 is 0 Å². The molecule has 2 N–H and O–H groups in total. The Kier molecular flexibility index (Phi) is 7.58. The average molecular weight is 457 g/mol. The number of carbonyl (C=O) groups excluding carboxylic acids is 1. The highest BCUT2D eigenvalue weighted by Gasteiger charge is 2.24. The molecule has 172 valence electrons. The van der Waals surface area contributed by atoms with Gasteiger partial charge in [0.15, 0.2) is 0 Å². The van der Waals surface area contributed by atoms with Gasteiger partial charge in [-0.3, -0.25) is 4.79 Å². The third-order valence-corrected chi connectivity index (χ3v) is 7.76. The van der Waals surface area contributed by atoms with Crippen molar-refractivity contribution >= 4 is 38.2 Å². The molecule has 0 bridgehead atoms. The summed E-state index contributed by atoms with van der Waals surface area (Å²) in [6.45, 7) is 9.94. The van der Waals surface area contributed by atoms with E-state index in [-0.39, 0.29) is 17.2 Å². The van der Waals surface area contributed by atoms with Crippen LogP contribution in [0.1, 0.15) is 33.3 Å². The second-order valence-corrected chi connectivity index (χ2v) is 9.46. The SMILES string of the molecule is CCN(CC)c1ccc(S(=O)(=O)N(CC)CC)cc1NC(=O)Cc1c[nH]c2ccccc12. The fourth-order valence-corrected chi connectivity index (χ4v) is 5.46. The Bertz CT molecular complexity index is 1180. The van der Waals surface area contributed by atoms with Crippen molar-refractivity contribution in [2.45, 2.75) is 39.0 Å². The minimum atomic E-state index is -3.64. The number of hydrogen-bond acceptors (Lipinski definition) is 4. The normalized spacial score (nSPS) is 11.8. The summed E-state index contributed by atoms with van der Waals surface area (Å²) in [5, 5.41) is 3.98. The first-order valence-corrected chi connectivity index (χ1v) is 12.5. The monoisotopic (exact) mass is 456 g/mol. The molecule has 8 heteroatoms. The van der Waals surface area contributed by atoms with E-state index in [0.717, 1.165) is 35.2 Å². The molecule has 3 aromatic rings. The number of aromatic amines is 1. The number of nitrogens with one attached hydrogen (secondary N) is 2. The van der Waals surface area contributed by atoms with Gasteiger partial charge >= 0.3 is 0 Å². The molecule has 1 heterocycles. The first-order chi connectivity index (χ1) is 15.3. The number of H-pyrrole nitrogens is 1. The molecule has 3 rings (SSSR count). The number of nitrogens with zero attached hydrogens (tertiary/aromatic N) is 2. The minimum absolute atomic E-state index is 0.180. The van der Waals surface area contributed by atoms with Crippen LogP contribution in [0, 0.1) is 0 Å². The highest BCUT2D eigenvalue weighted by molar-refractivity contribution is 7.89. The van der Waals surface area contributed by atoms with Gasteiger partial charge < -0.3 is 15.2 Å². The molecule has 0 unspecified atom stereocenters. The number of anilines is 2. The number of benzene rings is 2. The predicted octanol–water partition coefficient (Wildman–Crippen LogP) is 4.23. The Labute approximate surface area is 190 Å². The van der Waals surface area contributed by atoms with Crippen molar-refractivity contribution in [3.63, 3.8) is 0 Å². The fraction of sp³-hybridized carbons (Fsp3) is 0.375. The number of fused-ring (bicyclic) bond motifs is 1. The van der Waals surface area contributed by atoms with Crippen molar-refractivity contribution in [2.24, 2.45) is 0 Å². The fourth-order valence-electron chi connectivity index (χ4n) is 3.97. The van der Waals surface area contributed by atoms with E-state index in [1.54, 1.807) is 18.2 Å². The quantitative estimate of drug-likeness (QED) is 0.478. The summed E-state index contributed by atoms with van der Waals surface area (Å²) < 4.78 is 27.5. The third-order valence-electron chi connectivity index (χ3n) is 5.72. The molecule has 32 heavy (non-hydrogen) atoms. The number of hydrogen-bond donors (Lipinski definition) is 2. The highest BCUT2D eigenvalue weighted by atomic mass is 32.2. The molecule has 0 atom stereocenters. The molecule has 1 amide bonds. The van der Waals surface area contributed by atoms with E-state index >= 15 is 0 Å². The lowest BCUT2D eigenvalue weighted by Gasteiger charge is -2.26. The predicted molar refractivity (Wildman–Crippen MR) is 131 cm³/mol. The van der Waals surface area contributed by atoms with Gasteiger partial charge in [0.1, 0.15) is 0 Å². The van der Waals surface area contributed by atoms with Crippen LogP contribution in [0.2, 0.25) is 0 Å². The second kappa shape index (κ2) is 10.2. The molecule has 0 spiro atoms. The van der Waals surface area contributed by atoms with Gasteiger partial charge in [0.05, 0.1) is 22.7 Å². The Morgan fingerprint density at radius 3 is 2.31 bits per heavy atom. The summed E-state index contributed by atoms with van der Waals surface area (Å²) in [5.74, 6) is -0.194.